The van der Waals surface area contributed by atoms with Gasteiger partial charge in [0.15, 0.2) is 0 Å². The zero-order chi connectivity index (χ0) is 24.9. The SMILES string of the molecule is Cc1oc(-c2ccc(NC(=O)Cc3ccccc3)cc2)nc1CNC(=O)Cn1cnc2ccccc21. The fourth-order valence-electron chi connectivity index (χ4n) is 3.93. The first-order valence-electron chi connectivity index (χ1n) is 11.6. The average molecular weight is 480 g/mol. The molecule has 0 radical (unpaired) electrons. The van der Waals surface area contributed by atoms with Crippen molar-refractivity contribution in [3.05, 3.63) is 102 Å². The molecule has 180 valence electrons. The number of amides is 2. The normalized spacial score (nSPS) is 10.9. The molecule has 0 saturated heterocycles. The summed E-state index contributed by atoms with van der Waals surface area (Å²) >= 11 is 0. The summed E-state index contributed by atoms with van der Waals surface area (Å²) in [5, 5.41) is 5.80. The third kappa shape index (κ3) is 5.33. The minimum absolute atomic E-state index is 0.0809. The van der Waals surface area contributed by atoms with Gasteiger partial charge in [0.2, 0.25) is 17.7 Å². The van der Waals surface area contributed by atoms with E-state index in [1.54, 1.807) is 6.33 Å². The van der Waals surface area contributed by atoms with Gasteiger partial charge >= 0.3 is 0 Å². The van der Waals surface area contributed by atoms with Gasteiger partial charge in [0.05, 0.1) is 30.3 Å². The summed E-state index contributed by atoms with van der Waals surface area (Å²) < 4.78 is 7.64. The van der Waals surface area contributed by atoms with E-state index < -0.39 is 0 Å². The zero-order valence-electron chi connectivity index (χ0n) is 19.8. The second-order valence-corrected chi connectivity index (χ2v) is 8.45. The summed E-state index contributed by atoms with van der Waals surface area (Å²) in [4.78, 5) is 33.7. The van der Waals surface area contributed by atoms with Crippen molar-refractivity contribution >= 4 is 28.5 Å². The van der Waals surface area contributed by atoms with E-state index in [0.29, 0.717) is 29.5 Å². The molecule has 0 spiro atoms. The predicted octanol–water partition coefficient (Wildman–Crippen LogP) is 4.50. The zero-order valence-corrected chi connectivity index (χ0v) is 19.8. The summed E-state index contributed by atoms with van der Waals surface area (Å²) in [5.41, 5.74) is 4.86. The van der Waals surface area contributed by atoms with Crippen LogP contribution in [0.1, 0.15) is 17.0 Å². The number of benzene rings is 3. The van der Waals surface area contributed by atoms with Crippen molar-refractivity contribution in [2.24, 2.45) is 0 Å². The highest BCUT2D eigenvalue weighted by Crippen LogP contribution is 2.23. The molecule has 0 aliphatic carbocycles. The number of rotatable bonds is 8. The number of hydrogen-bond acceptors (Lipinski definition) is 5. The molecule has 0 bridgehead atoms. The van der Waals surface area contributed by atoms with Crippen molar-refractivity contribution in [2.45, 2.75) is 26.4 Å². The van der Waals surface area contributed by atoms with Crippen LogP contribution in [0.25, 0.3) is 22.5 Å². The number of fused-ring (bicyclic) bond motifs is 1. The highest BCUT2D eigenvalue weighted by molar-refractivity contribution is 5.92. The molecular weight excluding hydrogens is 454 g/mol. The summed E-state index contributed by atoms with van der Waals surface area (Å²) in [7, 11) is 0. The summed E-state index contributed by atoms with van der Waals surface area (Å²) in [6.45, 7) is 2.25. The van der Waals surface area contributed by atoms with Crippen LogP contribution in [0, 0.1) is 6.92 Å². The predicted molar refractivity (Wildman–Crippen MR) is 137 cm³/mol. The molecule has 2 N–H and O–H groups in total. The van der Waals surface area contributed by atoms with Gasteiger partial charge in [0.25, 0.3) is 0 Å². The molecule has 2 amide bonds. The molecule has 0 atom stereocenters. The van der Waals surface area contributed by atoms with E-state index in [2.05, 4.69) is 20.6 Å². The first-order chi connectivity index (χ1) is 17.5. The Bertz CT molecular complexity index is 1500. The number of para-hydroxylation sites is 2. The highest BCUT2D eigenvalue weighted by atomic mass is 16.4. The Kier molecular flexibility index (Phi) is 6.57. The van der Waals surface area contributed by atoms with Gasteiger partial charge in [-0.05, 0) is 48.9 Å². The smallest absolute Gasteiger partial charge is 0.240 e. The molecule has 8 nitrogen and oxygen atoms in total. The number of oxazole rings is 1. The van der Waals surface area contributed by atoms with Gasteiger partial charge in [-0.3, -0.25) is 9.59 Å². The lowest BCUT2D eigenvalue weighted by Crippen LogP contribution is -2.27. The minimum Gasteiger partial charge on any atom is -0.441 e. The topological polar surface area (TPSA) is 102 Å². The van der Waals surface area contributed by atoms with E-state index in [1.807, 2.05) is 90.4 Å². The Hall–Kier alpha value is -4.72. The van der Waals surface area contributed by atoms with Gasteiger partial charge < -0.3 is 19.6 Å². The third-order valence-electron chi connectivity index (χ3n) is 5.81. The number of aromatic nitrogens is 3. The molecule has 0 aliphatic heterocycles. The number of carbonyl (C=O) groups is 2. The van der Waals surface area contributed by atoms with Gasteiger partial charge in [0, 0.05) is 11.3 Å². The summed E-state index contributed by atoms with van der Waals surface area (Å²) in [6.07, 6.45) is 1.98. The lowest BCUT2D eigenvalue weighted by Gasteiger charge is -2.06. The number of carbonyl (C=O) groups excluding carboxylic acids is 2. The van der Waals surface area contributed by atoms with Crippen LogP contribution in [0.2, 0.25) is 0 Å². The van der Waals surface area contributed by atoms with Crippen molar-refractivity contribution < 1.29 is 14.0 Å². The van der Waals surface area contributed by atoms with Crippen LogP contribution >= 0.6 is 0 Å². The molecule has 8 heteroatoms. The number of nitrogens with one attached hydrogen (secondary N) is 2. The maximum atomic E-state index is 12.5. The Morgan fingerprint density at radius 1 is 0.917 bits per heavy atom. The van der Waals surface area contributed by atoms with Crippen molar-refractivity contribution in [1.82, 2.24) is 19.9 Å². The van der Waals surface area contributed by atoms with E-state index >= 15 is 0 Å². The van der Waals surface area contributed by atoms with Crippen LogP contribution < -0.4 is 10.6 Å². The van der Waals surface area contributed by atoms with E-state index in [0.717, 1.165) is 22.2 Å². The summed E-state index contributed by atoms with van der Waals surface area (Å²) in [6, 6.07) is 24.6. The molecule has 3 aromatic carbocycles. The Morgan fingerprint density at radius 2 is 1.67 bits per heavy atom. The van der Waals surface area contributed by atoms with E-state index in [-0.39, 0.29) is 24.9 Å². The molecule has 0 saturated carbocycles. The number of hydrogen-bond donors (Lipinski definition) is 2. The molecular formula is C28H25N5O3. The molecule has 5 aromatic rings. The monoisotopic (exact) mass is 479 g/mol. The van der Waals surface area contributed by atoms with E-state index in [9.17, 15) is 9.59 Å². The van der Waals surface area contributed by atoms with Crippen LogP contribution in [0.5, 0.6) is 0 Å². The number of imidazole rings is 1. The number of nitrogens with zero attached hydrogens (tertiary/aromatic N) is 3. The van der Waals surface area contributed by atoms with Crippen molar-refractivity contribution in [2.75, 3.05) is 5.32 Å². The van der Waals surface area contributed by atoms with Gasteiger partial charge in [-0.1, -0.05) is 42.5 Å². The first kappa shape index (κ1) is 23.0. The molecule has 0 aliphatic rings. The van der Waals surface area contributed by atoms with Crippen molar-refractivity contribution in [1.29, 1.82) is 0 Å². The Labute approximate surface area is 208 Å². The van der Waals surface area contributed by atoms with Crippen LogP contribution in [0.3, 0.4) is 0 Å². The quantitative estimate of drug-likeness (QED) is 0.341. The maximum absolute atomic E-state index is 12.5. The molecule has 5 rings (SSSR count). The molecule has 36 heavy (non-hydrogen) atoms. The van der Waals surface area contributed by atoms with Crippen LogP contribution in [-0.2, 0) is 29.1 Å². The molecule has 0 unspecified atom stereocenters. The van der Waals surface area contributed by atoms with Gasteiger partial charge in [-0.2, -0.15) is 0 Å². The highest BCUT2D eigenvalue weighted by Gasteiger charge is 2.14. The van der Waals surface area contributed by atoms with E-state index in [4.69, 9.17) is 4.42 Å². The largest absolute Gasteiger partial charge is 0.441 e. The fourth-order valence-corrected chi connectivity index (χ4v) is 3.93. The average Bonchev–Trinajstić information content (AvgIpc) is 3.47. The molecule has 2 heterocycles. The van der Waals surface area contributed by atoms with Crippen LogP contribution in [0.4, 0.5) is 5.69 Å². The second kappa shape index (κ2) is 10.3. The third-order valence-corrected chi connectivity index (χ3v) is 5.81. The van der Waals surface area contributed by atoms with Gasteiger partial charge in [-0.15, -0.1) is 0 Å². The number of aryl methyl sites for hydroxylation is 1. The Balaban J connectivity index is 1.17. The standard InChI is InChI=1S/C28H25N5O3/c1-19-24(16-29-27(35)17-33-18-30-23-9-5-6-10-25(23)33)32-28(36-19)21-11-13-22(14-12-21)31-26(34)15-20-7-3-2-4-8-20/h2-14,18H,15-17H2,1H3,(H,29,35)(H,31,34). The van der Waals surface area contributed by atoms with Crippen LogP contribution in [0.15, 0.2) is 89.6 Å². The maximum Gasteiger partial charge on any atom is 0.240 e. The van der Waals surface area contributed by atoms with Crippen molar-refractivity contribution in [3.63, 3.8) is 0 Å². The van der Waals surface area contributed by atoms with Gasteiger partial charge in [0.1, 0.15) is 18.0 Å². The second-order valence-electron chi connectivity index (χ2n) is 8.45. The van der Waals surface area contributed by atoms with Crippen LogP contribution in [-0.4, -0.2) is 26.3 Å². The fraction of sp³-hybridized carbons (Fsp3) is 0.143. The Morgan fingerprint density at radius 3 is 2.47 bits per heavy atom. The van der Waals surface area contributed by atoms with Crippen molar-refractivity contribution in [3.8, 4) is 11.5 Å². The van der Waals surface area contributed by atoms with E-state index in [1.165, 1.54) is 0 Å². The lowest BCUT2D eigenvalue weighted by atomic mass is 10.1. The summed E-state index contributed by atoms with van der Waals surface area (Å²) in [5.74, 6) is 0.874. The lowest BCUT2D eigenvalue weighted by molar-refractivity contribution is -0.121. The number of anilines is 1. The molecule has 2 aromatic heterocycles. The van der Waals surface area contributed by atoms with Gasteiger partial charge in [-0.25, -0.2) is 9.97 Å². The first-order valence-corrected chi connectivity index (χ1v) is 11.6. The minimum atomic E-state index is -0.141. The molecule has 0 fully saturated rings.